The molecule has 2 atom stereocenters. The first-order valence-corrected chi connectivity index (χ1v) is 4.38. The van der Waals surface area contributed by atoms with Gasteiger partial charge in [-0.2, -0.15) is 0 Å². The summed E-state index contributed by atoms with van der Waals surface area (Å²) in [6.45, 7) is 6.33. The molecule has 10 heavy (non-hydrogen) atoms. The minimum absolute atomic E-state index is 0.884. The highest BCUT2D eigenvalue weighted by Crippen LogP contribution is 2.29. The van der Waals surface area contributed by atoms with E-state index >= 15 is 0 Å². The lowest BCUT2D eigenvalue weighted by Crippen LogP contribution is -2.41. The van der Waals surface area contributed by atoms with Crippen molar-refractivity contribution >= 4 is 0 Å². The molecule has 0 saturated heterocycles. The summed E-state index contributed by atoms with van der Waals surface area (Å²) in [7, 11) is 4.33. The highest BCUT2D eigenvalue weighted by atomic mass is 15.1. The summed E-state index contributed by atoms with van der Waals surface area (Å²) in [5.74, 6) is 0.949. The lowest BCUT2D eigenvalue weighted by atomic mass is 9.80. The van der Waals surface area contributed by atoms with Crippen LogP contribution in [-0.4, -0.2) is 25.0 Å². The molecule has 0 spiro atoms. The third-order valence-electron chi connectivity index (χ3n) is 2.24. The Morgan fingerprint density at radius 2 is 1.60 bits per heavy atom. The minimum atomic E-state index is 0.884. The van der Waals surface area contributed by atoms with Crippen LogP contribution in [0, 0.1) is 5.92 Å². The summed E-state index contributed by atoms with van der Waals surface area (Å²) >= 11 is 0. The zero-order chi connectivity index (χ0) is 8.15. The van der Waals surface area contributed by atoms with Gasteiger partial charge in [-0.3, -0.25) is 0 Å². The van der Waals surface area contributed by atoms with Gasteiger partial charge in [0, 0.05) is 6.04 Å². The molecule has 0 aliphatic heterocycles. The first-order chi connectivity index (χ1) is 4.72. The predicted octanol–water partition coefficient (Wildman–Crippen LogP) is 2.37. The summed E-state index contributed by atoms with van der Waals surface area (Å²) in [5, 5.41) is 0. The van der Waals surface area contributed by atoms with Gasteiger partial charge in [-0.25, -0.2) is 0 Å². The molecular weight excluding hydrogens is 122 g/mol. The van der Waals surface area contributed by atoms with Gasteiger partial charge in [0.1, 0.15) is 0 Å². The second-order valence-electron chi connectivity index (χ2n) is 3.09. The topological polar surface area (TPSA) is 3.24 Å². The average Bonchev–Trinajstić information content (AvgIpc) is 1.88. The second-order valence-corrected chi connectivity index (χ2v) is 3.09. The van der Waals surface area contributed by atoms with Crippen molar-refractivity contribution in [2.45, 2.75) is 39.7 Å². The number of hydrogen-bond donors (Lipinski definition) is 0. The number of hydrogen-bond acceptors (Lipinski definition) is 1. The van der Waals surface area contributed by atoms with Crippen LogP contribution in [0.2, 0.25) is 0 Å². The zero-order valence-electron chi connectivity index (χ0n) is 8.02. The van der Waals surface area contributed by atoms with Crippen LogP contribution in [0.3, 0.4) is 0 Å². The van der Waals surface area contributed by atoms with Crippen molar-refractivity contribution in [2.75, 3.05) is 14.1 Å². The van der Waals surface area contributed by atoms with Crippen LogP contribution >= 0.6 is 0 Å². The van der Waals surface area contributed by atoms with Crippen molar-refractivity contribution in [3.63, 3.8) is 0 Å². The third kappa shape index (κ3) is 2.30. The minimum Gasteiger partial charge on any atom is -0.306 e. The molecule has 0 aromatic heterocycles. The van der Waals surface area contributed by atoms with E-state index in [1.807, 2.05) is 13.8 Å². The van der Waals surface area contributed by atoms with E-state index in [2.05, 4.69) is 25.9 Å². The van der Waals surface area contributed by atoms with Crippen molar-refractivity contribution in [2.24, 2.45) is 5.92 Å². The van der Waals surface area contributed by atoms with Gasteiger partial charge in [0.05, 0.1) is 0 Å². The first kappa shape index (κ1) is 9.96. The highest BCUT2D eigenvalue weighted by Gasteiger charge is 2.27. The maximum absolute atomic E-state index is 2.33. The maximum Gasteiger partial charge on any atom is 0.0115 e. The smallest absolute Gasteiger partial charge is 0.0115 e. The van der Waals surface area contributed by atoms with E-state index in [0.717, 1.165) is 12.0 Å². The highest BCUT2D eigenvalue weighted by molar-refractivity contribution is 4.82. The SMILES string of the molecule is CC.CC1CCC1N(C)C. The normalized spacial score (nSPS) is 30.6. The molecule has 1 heteroatoms. The molecule has 0 aromatic carbocycles. The fraction of sp³-hybridized carbons (Fsp3) is 1.00. The summed E-state index contributed by atoms with van der Waals surface area (Å²) in [5.41, 5.74) is 0. The van der Waals surface area contributed by atoms with Gasteiger partial charge < -0.3 is 4.90 Å². The number of nitrogens with zero attached hydrogens (tertiary/aromatic N) is 1. The Bertz CT molecular complexity index is 74.0. The third-order valence-corrected chi connectivity index (χ3v) is 2.24. The molecule has 2 unspecified atom stereocenters. The van der Waals surface area contributed by atoms with Gasteiger partial charge in [0.2, 0.25) is 0 Å². The van der Waals surface area contributed by atoms with Crippen molar-refractivity contribution in [3.05, 3.63) is 0 Å². The molecule has 0 aromatic rings. The molecular formula is C9H21N. The molecule has 1 nitrogen and oxygen atoms in total. The molecule has 0 N–H and O–H groups in total. The molecule has 1 rings (SSSR count). The zero-order valence-corrected chi connectivity index (χ0v) is 8.02. The Morgan fingerprint density at radius 1 is 1.10 bits per heavy atom. The van der Waals surface area contributed by atoms with Crippen LogP contribution in [0.15, 0.2) is 0 Å². The summed E-state index contributed by atoms with van der Waals surface area (Å²) in [6.07, 6.45) is 2.84. The second kappa shape index (κ2) is 4.73. The largest absolute Gasteiger partial charge is 0.306 e. The molecule has 1 aliphatic rings. The van der Waals surface area contributed by atoms with Crippen LogP contribution < -0.4 is 0 Å². The molecule has 0 radical (unpaired) electrons. The Kier molecular flexibility index (Phi) is 4.71. The molecule has 62 valence electrons. The van der Waals surface area contributed by atoms with Crippen LogP contribution in [0.4, 0.5) is 0 Å². The van der Waals surface area contributed by atoms with Crippen molar-refractivity contribution in [1.82, 2.24) is 4.90 Å². The Hall–Kier alpha value is -0.0400. The first-order valence-electron chi connectivity index (χ1n) is 4.38. The van der Waals surface area contributed by atoms with E-state index in [-0.39, 0.29) is 0 Å². The van der Waals surface area contributed by atoms with Gasteiger partial charge in [-0.1, -0.05) is 20.8 Å². The average molecular weight is 143 g/mol. The van der Waals surface area contributed by atoms with Crippen LogP contribution in [-0.2, 0) is 0 Å². The van der Waals surface area contributed by atoms with Crippen molar-refractivity contribution in [1.29, 1.82) is 0 Å². The Balaban J connectivity index is 0.000000371. The fourth-order valence-electron chi connectivity index (χ4n) is 1.42. The molecule has 0 amide bonds. The van der Waals surface area contributed by atoms with E-state index in [4.69, 9.17) is 0 Å². The Morgan fingerprint density at radius 3 is 1.60 bits per heavy atom. The molecule has 1 fully saturated rings. The van der Waals surface area contributed by atoms with Gasteiger partial charge >= 0.3 is 0 Å². The van der Waals surface area contributed by atoms with Crippen LogP contribution in [0.25, 0.3) is 0 Å². The lowest BCUT2D eigenvalue weighted by molar-refractivity contribution is 0.120. The quantitative estimate of drug-likeness (QED) is 0.544. The van der Waals surface area contributed by atoms with E-state index in [9.17, 15) is 0 Å². The van der Waals surface area contributed by atoms with Gasteiger partial charge in [-0.15, -0.1) is 0 Å². The summed E-state index contributed by atoms with van der Waals surface area (Å²) in [4.78, 5) is 2.33. The standard InChI is InChI=1S/C7H15N.C2H6/c1-6-4-5-7(6)8(2)3;1-2/h6-7H,4-5H2,1-3H3;1-2H3. The van der Waals surface area contributed by atoms with E-state index in [1.165, 1.54) is 12.8 Å². The molecule has 0 bridgehead atoms. The Labute approximate surface area is 65.4 Å². The summed E-state index contributed by atoms with van der Waals surface area (Å²) < 4.78 is 0. The van der Waals surface area contributed by atoms with Crippen LogP contribution in [0.1, 0.15) is 33.6 Å². The molecule has 1 saturated carbocycles. The van der Waals surface area contributed by atoms with Gasteiger partial charge in [0.15, 0.2) is 0 Å². The van der Waals surface area contributed by atoms with E-state index in [0.29, 0.717) is 0 Å². The maximum atomic E-state index is 2.33. The van der Waals surface area contributed by atoms with E-state index < -0.39 is 0 Å². The van der Waals surface area contributed by atoms with Crippen molar-refractivity contribution in [3.8, 4) is 0 Å². The van der Waals surface area contributed by atoms with Gasteiger partial charge in [0.25, 0.3) is 0 Å². The molecule has 0 heterocycles. The van der Waals surface area contributed by atoms with Crippen molar-refractivity contribution < 1.29 is 0 Å². The van der Waals surface area contributed by atoms with E-state index in [1.54, 1.807) is 0 Å². The van der Waals surface area contributed by atoms with Crippen LogP contribution in [0.5, 0.6) is 0 Å². The lowest BCUT2D eigenvalue weighted by Gasteiger charge is -2.38. The van der Waals surface area contributed by atoms with Gasteiger partial charge in [-0.05, 0) is 32.9 Å². The molecule has 1 aliphatic carbocycles. The summed E-state index contributed by atoms with van der Waals surface area (Å²) in [6, 6.07) is 0.884. The fourth-order valence-corrected chi connectivity index (χ4v) is 1.42. The predicted molar refractivity (Wildman–Crippen MR) is 47.2 cm³/mol. The number of rotatable bonds is 1. The monoisotopic (exact) mass is 143 g/mol.